The maximum atomic E-state index is 5.63. The third-order valence-electron chi connectivity index (χ3n) is 6.81. The zero-order valence-electron chi connectivity index (χ0n) is 17.2. The normalized spacial score (nSPS) is 22.5. The van der Waals surface area contributed by atoms with Gasteiger partial charge in [-0.3, -0.25) is 9.58 Å². The smallest absolute Gasteiger partial charge is 0.231 e. The lowest BCUT2D eigenvalue weighted by Gasteiger charge is -2.24. The van der Waals surface area contributed by atoms with Gasteiger partial charge in [0.15, 0.2) is 11.5 Å². The number of benzene rings is 2. The molecule has 0 amide bonds. The molecular formula is C25H27N3O2. The van der Waals surface area contributed by atoms with E-state index >= 15 is 0 Å². The lowest BCUT2D eigenvalue weighted by Crippen LogP contribution is -2.28. The first-order valence-electron chi connectivity index (χ1n) is 11.1. The molecule has 2 bridgehead atoms. The van der Waals surface area contributed by atoms with Crippen LogP contribution in [0.2, 0.25) is 0 Å². The lowest BCUT2D eigenvalue weighted by molar-refractivity contribution is 0.174. The molecular weight excluding hydrogens is 374 g/mol. The van der Waals surface area contributed by atoms with Crippen LogP contribution in [0.3, 0.4) is 0 Å². The molecule has 1 aliphatic carbocycles. The standard InChI is InChI=1S/C25H27N3O2/c1-2-5-18(6-3-1)14-28-16-21(15-27-13-19-7-4-8-22(27)11-19)25(26-28)20-9-10-23-24(12-20)30-17-29-23/h1-3,5-6,9-10,12,16,19,22H,4,7-8,11,13-15,17H2/t19-,22+/m1/s1. The Balaban J connectivity index is 1.34. The van der Waals surface area contributed by atoms with Crippen molar-refractivity contribution in [2.45, 2.75) is 44.8 Å². The van der Waals surface area contributed by atoms with Gasteiger partial charge in [0.2, 0.25) is 6.79 Å². The number of likely N-dealkylation sites (tertiary alicyclic amines) is 1. The van der Waals surface area contributed by atoms with E-state index in [0.717, 1.165) is 47.8 Å². The van der Waals surface area contributed by atoms with E-state index in [1.165, 1.54) is 43.4 Å². The summed E-state index contributed by atoms with van der Waals surface area (Å²) in [5, 5.41) is 5.02. The van der Waals surface area contributed by atoms with E-state index < -0.39 is 0 Å². The van der Waals surface area contributed by atoms with Crippen LogP contribution in [0.1, 0.15) is 36.8 Å². The number of hydrogen-bond acceptors (Lipinski definition) is 4. The monoisotopic (exact) mass is 401 g/mol. The van der Waals surface area contributed by atoms with Gasteiger partial charge in [0.25, 0.3) is 0 Å². The summed E-state index contributed by atoms with van der Waals surface area (Å²) in [6.07, 6.45) is 7.74. The van der Waals surface area contributed by atoms with E-state index in [2.05, 4.69) is 58.2 Å². The Hall–Kier alpha value is -2.79. The molecule has 5 nitrogen and oxygen atoms in total. The molecule has 2 aromatic carbocycles. The van der Waals surface area contributed by atoms with Crippen LogP contribution in [0.25, 0.3) is 11.3 Å². The van der Waals surface area contributed by atoms with Crippen molar-refractivity contribution in [3.8, 4) is 22.8 Å². The SMILES string of the molecule is c1ccc(Cn2cc(CN3C[C@@H]4CCC[C@H]3C4)c(-c3ccc4c(c3)OCO4)n2)cc1. The first-order chi connectivity index (χ1) is 14.8. The van der Waals surface area contributed by atoms with Crippen molar-refractivity contribution in [1.82, 2.24) is 14.7 Å². The summed E-state index contributed by atoms with van der Waals surface area (Å²) in [5.74, 6) is 2.52. The molecule has 2 atom stereocenters. The second-order valence-corrected chi connectivity index (χ2v) is 8.87. The summed E-state index contributed by atoms with van der Waals surface area (Å²) in [6.45, 7) is 3.28. The molecule has 1 saturated heterocycles. The highest BCUT2D eigenvalue weighted by atomic mass is 16.7. The van der Waals surface area contributed by atoms with Gasteiger partial charge in [-0.15, -0.1) is 0 Å². The van der Waals surface area contributed by atoms with Crippen LogP contribution in [-0.4, -0.2) is 34.1 Å². The van der Waals surface area contributed by atoms with Crippen molar-refractivity contribution in [3.05, 3.63) is 65.9 Å². The van der Waals surface area contributed by atoms with E-state index in [1.807, 2.05) is 6.07 Å². The van der Waals surface area contributed by atoms with Gasteiger partial charge in [0, 0.05) is 36.5 Å². The van der Waals surface area contributed by atoms with Crippen LogP contribution in [-0.2, 0) is 13.1 Å². The number of fused-ring (bicyclic) bond motifs is 3. The van der Waals surface area contributed by atoms with E-state index in [1.54, 1.807) is 0 Å². The van der Waals surface area contributed by atoms with Crippen molar-refractivity contribution in [1.29, 1.82) is 0 Å². The van der Waals surface area contributed by atoms with Crippen LogP contribution in [0, 0.1) is 5.92 Å². The predicted octanol–water partition coefficient (Wildman–Crippen LogP) is 4.70. The molecule has 30 heavy (non-hydrogen) atoms. The van der Waals surface area contributed by atoms with E-state index in [0.29, 0.717) is 6.79 Å². The maximum absolute atomic E-state index is 5.63. The van der Waals surface area contributed by atoms with Gasteiger partial charge in [0.1, 0.15) is 0 Å². The third kappa shape index (κ3) is 3.37. The fourth-order valence-corrected chi connectivity index (χ4v) is 5.37. The van der Waals surface area contributed by atoms with E-state index in [9.17, 15) is 0 Å². The third-order valence-corrected chi connectivity index (χ3v) is 6.81. The summed E-state index contributed by atoms with van der Waals surface area (Å²) in [7, 11) is 0. The fourth-order valence-electron chi connectivity index (χ4n) is 5.37. The van der Waals surface area contributed by atoms with Gasteiger partial charge < -0.3 is 9.47 Å². The summed E-state index contributed by atoms with van der Waals surface area (Å²) >= 11 is 0. The highest BCUT2D eigenvalue weighted by molar-refractivity contribution is 5.67. The molecule has 5 heteroatoms. The second kappa shape index (κ2) is 7.47. The first kappa shape index (κ1) is 18.0. The zero-order chi connectivity index (χ0) is 19.9. The Morgan fingerprint density at radius 3 is 2.77 bits per heavy atom. The van der Waals surface area contributed by atoms with E-state index in [4.69, 9.17) is 14.6 Å². The Labute approximate surface area is 177 Å². The molecule has 3 aromatic rings. The largest absolute Gasteiger partial charge is 0.454 e. The van der Waals surface area contributed by atoms with Crippen LogP contribution in [0.5, 0.6) is 11.5 Å². The van der Waals surface area contributed by atoms with Gasteiger partial charge in [-0.2, -0.15) is 5.10 Å². The molecule has 0 unspecified atom stereocenters. The molecule has 6 rings (SSSR count). The number of ether oxygens (including phenoxy) is 2. The van der Waals surface area contributed by atoms with Gasteiger partial charge in [0.05, 0.1) is 12.2 Å². The Bertz CT molecular complexity index is 1050. The number of aromatic nitrogens is 2. The number of nitrogens with zero attached hydrogens (tertiary/aromatic N) is 3. The summed E-state index contributed by atoms with van der Waals surface area (Å²) in [6, 6.07) is 17.5. The molecule has 2 aliphatic heterocycles. The topological polar surface area (TPSA) is 39.5 Å². The summed E-state index contributed by atoms with van der Waals surface area (Å²) < 4.78 is 13.2. The Kier molecular flexibility index (Phi) is 4.49. The molecule has 154 valence electrons. The van der Waals surface area contributed by atoms with Gasteiger partial charge in [-0.1, -0.05) is 36.8 Å². The average Bonchev–Trinajstić information content (AvgIpc) is 3.46. The predicted molar refractivity (Wildman–Crippen MR) is 115 cm³/mol. The number of hydrogen-bond donors (Lipinski definition) is 0. The van der Waals surface area contributed by atoms with Crippen LogP contribution < -0.4 is 9.47 Å². The first-order valence-corrected chi connectivity index (χ1v) is 11.1. The van der Waals surface area contributed by atoms with Crippen molar-refractivity contribution < 1.29 is 9.47 Å². The second-order valence-electron chi connectivity index (χ2n) is 8.87. The minimum atomic E-state index is 0.297. The highest BCUT2D eigenvalue weighted by Gasteiger charge is 2.35. The van der Waals surface area contributed by atoms with Gasteiger partial charge in [-0.05, 0) is 48.9 Å². The van der Waals surface area contributed by atoms with Crippen molar-refractivity contribution in [2.24, 2.45) is 5.92 Å². The lowest BCUT2D eigenvalue weighted by atomic mass is 9.90. The average molecular weight is 402 g/mol. The fraction of sp³-hybridized carbons (Fsp3) is 0.400. The van der Waals surface area contributed by atoms with Crippen LogP contribution in [0.15, 0.2) is 54.7 Å². The summed E-state index contributed by atoms with van der Waals surface area (Å²) in [4.78, 5) is 2.69. The Morgan fingerprint density at radius 2 is 1.87 bits per heavy atom. The molecule has 2 fully saturated rings. The Morgan fingerprint density at radius 1 is 0.967 bits per heavy atom. The molecule has 1 aromatic heterocycles. The van der Waals surface area contributed by atoms with Gasteiger partial charge in [-0.25, -0.2) is 0 Å². The quantitative estimate of drug-likeness (QED) is 0.621. The van der Waals surface area contributed by atoms with Crippen LogP contribution >= 0.6 is 0 Å². The minimum absolute atomic E-state index is 0.297. The molecule has 0 spiro atoms. The molecule has 3 aliphatic rings. The van der Waals surface area contributed by atoms with Crippen molar-refractivity contribution in [3.63, 3.8) is 0 Å². The maximum Gasteiger partial charge on any atom is 0.231 e. The molecule has 0 radical (unpaired) electrons. The van der Waals surface area contributed by atoms with Crippen molar-refractivity contribution in [2.75, 3.05) is 13.3 Å². The van der Waals surface area contributed by atoms with Crippen LogP contribution in [0.4, 0.5) is 0 Å². The molecule has 0 N–H and O–H groups in total. The number of rotatable bonds is 5. The highest BCUT2D eigenvalue weighted by Crippen LogP contribution is 2.39. The zero-order valence-corrected chi connectivity index (χ0v) is 17.2. The van der Waals surface area contributed by atoms with Gasteiger partial charge >= 0.3 is 0 Å². The molecule has 3 heterocycles. The van der Waals surface area contributed by atoms with E-state index in [-0.39, 0.29) is 0 Å². The summed E-state index contributed by atoms with van der Waals surface area (Å²) in [5.41, 5.74) is 4.73. The van der Waals surface area contributed by atoms with Crippen molar-refractivity contribution >= 4 is 0 Å². The molecule has 1 saturated carbocycles. The minimum Gasteiger partial charge on any atom is -0.454 e.